The molecule has 0 N–H and O–H groups in total. The molecule has 0 fully saturated rings. The van der Waals surface area contributed by atoms with Gasteiger partial charge in [0.15, 0.2) is 0 Å². The van der Waals surface area contributed by atoms with Crippen LogP contribution in [0.25, 0.3) is 82.5 Å². The Morgan fingerprint density at radius 1 is 0.436 bits per heavy atom. The van der Waals surface area contributed by atoms with Gasteiger partial charge in [0.1, 0.15) is 11.2 Å². The lowest BCUT2D eigenvalue weighted by molar-refractivity contribution is 0.672. The van der Waals surface area contributed by atoms with Gasteiger partial charge in [0.25, 0.3) is 0 Å². The van der Waals surface area contributed by atoms with Crippen LogP contribution in [0.3, 0.4) is 0 Å². The summed E-state index contributed by atoms with van der Waals surface area (Å²) in [6, 6.07) is 60.1. The number of aromatic nitrogens is 1. The molecule has 2 heterocycles. The van der Waals surface area contributed by atoms with Crippen molar-refractivity contribution in [3.05, 3.63) is 206 Å². The van der Waals surface area contributed by atoms with Crippen molar-refractivity contribution in [1.82, 2.24) is 4.57 Å². The molecule has 0 spiro atoms. The maximum Gasteiger partial charge on any atom is 0.143 e. The molecule has 2 aromatic heterocycles. The Bertz CT molecular complexity index is 3360. The van der Waals surface area contributed by atoms with E-state index < -0.39 is 0 Å². The number of para-hydroxylation sites is 2. The smallest absolute Gasteiger partial charge is 0.143 e. The number of nitrogens with zero attached hydrogens (tertiary/aromatic N) is 2. The first kappa shape index (κ1) is 27.3. The van der Waals surface area contributed by atoms with Crippen LogP contribution in [-0.4, -0.2) is 4.57 Å². The van der Waals surface area contributed by atoms with Gasteiger partial charge in [-0.25, -0.2) is 0 Å². The molecule has 55 heavy (non-hydrogen) atoms. The largest absolute Gasteiger partial charge is 0.455 e. The average Bonchev–Trinajstić information content (AvgIpc) is 3.85. The highest BCUT2D eigenvalue weighted by molar-refractivity contribution is 6.19. The molecular formula is C52H34N2O. The molecule has 0 bridgehead atoms. The lowest BCUT2D eigenvalue weighted by Gasteiger charge is -2.27. The maximum atomic E-state index is 9.72. The molecule has 3 heteroatoms. The molecular weight excluding hydrogens is 669 g/mol. The molecule has 0 unspecified atom stereocenters. The highest BCUT2D eigenvalue weighted by atomic mass is 16.3. The van der Waals surface area contributed by atoms with Crippen molar-refractivity contribution in [2.24, 2.45) is 0 Å². The lowest BCUT2D eigenvalue weighted by atomic mass is 10.00. The van der Waals surface area contributed by atoms with Crippen LogP contribution in [-0.2, 0) is 0 Å². The second kappa shape index (κ2) is 12.6. The van der Waals surface area contributed by atoms with Crippen LogP contribution >= 0.6 is 0 Å². The highest BCUT2D eigenvalue weighted by Crippen LogP contribution is 2.45. The van der Waals surface area contributed by atoms with Gasteiger partial charge in [0.05, 0.1) is 27.6 Å². The van der Waals surface area contributed by atoms with E-state index in [-0.39, 0.29) is 35.4 Å². The molecule has 0 saturated heterocycles. The number of furan rings is 1. The molecule has 0 saturated carbocycles. The van der Waals surface area contributed by atoms with Crippen LogP contribution in [0, 0.1) is 0 Å². The van der Waals surface area contributed by atoms with Gasteiger partial charge in [-0.3, -0.25) is 0 Å². The third kappa shape index (κ3) is 5.13. The van der Waals surface area contributed by atoms with Gasteiger partial charge in [-0.2, -0.15) is 0 Å². The number of anilines is 3. The summed E-state index contributed by atoms with van der Waals surface area (Å²) >= 11 is 0. The van der Waals surface area contributed by atoms with Gasteiger partial charge in [-0.15, -0.1) is 0 Å². The molecule has 0 aliphatic rings. The number of hydrogen-bond acceptors (Lipinski definition) is 2. The standard InChI is InChI=1S/C52H34N2O/c1-2-12-35(13-3-1)36-24-26-37(27-25-36)38-28-31-40(32-29-38)53(49-22-11-23-50-51(49)46-33-30-39-14-4-5-17-43(39)52(46)55-50)41-15-10-16-42(34-41)54-47-20-8-6-18-44(47)45-19-7-9-21-48(45)54/h1-34H/i28D,29D,31D,32D. The number of hydrogen-bond donors (Lipinski definition) is 0. The first-order valence-electron chi connectivity index (χ1n) is 20.4. The topological polar surface area (TPSA) is 21.3 Å². The minimum atomic E-state index is -0.148. The molecule has 11 aromatic rings. The molecule has 0 aliphatic heterocycles. The normalized spacial score (nSPS) is 12.7. The van der Waals surface area contributed by atoms with Crippen LogP contribution in [0.15, 0.2) is 211 Å². The second-order valence-electron chi connectivity index (χ2n) is 13.8. The Kier molecular flexibility index (Phi) is 6.27. The van der Waals surface area contributed by atoms with E-state index in [1.807, 2.05) is 114 Å². The number of rotatable bonds is 6. The van der Waals surface area contributed by atoms with Gasteiger partial charge in [0.2, 0.25) is 0 Å². The maximum absolute atomic E-state index is 9.72. The van der Waals surface area contributed by atoms with E-state index in [2.05, 4.69) is 77.4 Å². The minimum absolute atomic E-state index is 0.118. The lowest BCUT2D eigenvalue weighted by Crippen LogP contribution is -2.11. The van der Waals surface area contributed by atoms with Crippen molar-refractivity contribution >= 4 is 71.6 Å². The molecule has 0 amide bonds. The van der Waals surface area contributed by atoms with Crippen molar-refractivity contribution in [3.63, 3.8) is 0 Å². The summed E-state index contributed by atoms with van der Waals surface area (Å²) in [6.07, 6.45) is 0. The zero-order chi connectivity index (χ0) is 39.8. The second-order valence-corrected chi connectivity index (χ2v) is 13.8. The van der Waals surface area contributed by atoms with Gasteiger partial charge in [-0.05, 0) is 88.3 Å². The zero-order valence-corrected chi connectivity index (χ0v) is 29.6. The molecule has 0 aliphatic carbocycles. The number of fused-ring (bicyclic) bond motifs is 8. The van der Waals surface area contributed by atoms with E-state index in [0.29, 0.717) is 22.5 Å². The Labute approximate surface area is 324 Å². The highest BCUT2D eigenvalue weighted by Gasteiger charge is 2.21. The average molecular weight is 707 g/mol. The van der Waals surface area contributed by atoms with E-state index in [0.717, 1.165) is 65.7 Å². The van der Waals surface area contributed by atoms with Crippen molar-refractivity contribution in [3.8, 4) is 27.9 Å². The monoisotopic (exact) mass is 706 g/mol. The van der Waals surface area contributed by atoms with E-state index in [1.54, 1.807) is 0 Å². The van der Waals surface area contributed by atoms with Crippen LogP contribution in [0.2, 0.25) is 0 Å². The predicted octanol–water partition coefficient (Wildman–Crippen LogP) is 14.6. The summed E-state index contributed by atoms with van der Waals surface area (Å²) in [7, 11) is 0. The fourth-order valence-electron chi connectivity index (χ4n) is 8.10. The first-order valence-corrected chi connectivity index (χ1v) is 18.4. The SMILES string of the molecule is [2H]c1c([2H])c(N(c2cccc(-n3c4ccccc4c4ccccc43)c2)c2cccc3oc4c5ccccc5ccc4c23)c([2H])c([2H])c1-c1ccc(-c2ccccc2)cc1. The summed E-state index contributed by atoms with van der Waals surface area (Å²) in [6.45, 7) is 0. The van der Waals surface area contributed by atoms with E-state index >= 15 is 0 Å². The summed E-state index contributed by atoms with van der Waals surface area (Å²) in [5.74, 6) is 0. The number of benzene rings is 9. The quantitative estimate of drug-likeness (QED) is 0.172. The third-order valence-corrected chi connectivity index (χ3v) is 10.6. The molecule has 258 valence electrons. The van der Waals surface area contributed by atoms with Crippen molar-refractivity contribution in [2.75, 3.05) is 4.90 Å². The fourth-order valence-corrected chi connectivity index (χ4v) is 8.10. The van der Waals surface area contributed by atoms with Crippen LogP contribution in [0.1, 0.15) is 5.48 Å². The Morgan fingerprint density at radius 2 is 1.05 bits per heavy atom. The van der Waals surface area contributed by atoms with Crippen molar-refractivity contribution in [2.45, 2.75) is 0 Å². The van der Waals surface area contributed by atoms with Crippen LogP contribution < -0.4 is 4.90 Å². The fraction of sp³-hybridized carbons (Fsp3) is 0. The predicted molar refractivity (Wildman–Crippen MR) is 231 cm³/mol. The van der Waals surface area contributed by atoms with Gasteiger partial charge < -0.3 is 13.9 Å². The molecule has 3 nitrogen and oxygen atoms in total. The van der Waals surface area contributed by atoms with Crippen LogP contribution in [0.4, 0.5) is 17.1 Å². The van der Waals surface area contributed by atoms with Gasteiger partial charge in [-0.1, -0.05) is 146 Å². The summed E-state index contributed by atoms with van der Waals surface area (Å²) in [5, 5.41) is 6.02. The Balaban J connectivity index is 1.17. The Morgan fingerprint density at radius 3 is 1.80 bits per heavy atom. The summed E-state index contributed by atoms with van der Waals surface area (Å²) in [4.78, 5) is 1.88. The summed E-state index contributed by atoms with van der Waals surface area (Å²) < 4.78 is 47.3. The van der Waals surface area contributed by atoms with E-state index in [4.69, 9.17) is 4.42 Å². The zero-order valence-electron chi connectivity index (χ0n) is 33.6. The Hall–Kier alpha value is -7.36. The van der Waals surface area contributed by atoms with E-state index in [1.165, 1.54) is 0 Å². The minimum Gasteiger partial charge on any atom is -0.455 e. The van der Waals surface area contributed by atoms with Gasteiger partial charge in [0, 0.05) is 38.6 Å². The van der Waals surface area contributed by atoms with Crippen molar-refractivity contribution in [1.29, 1.82) is 0 Å². The molecule has 0 atom stereocenters. The van der Waals surface area contributed by atoms with Gasteiger partial charge >= 0.3 is 0 Å². The molecule has 0 radical (unpaired) electrons. The third-order valence-electron chi connectivity index (χ3n) is 10.6. The summed E-state index contributed by atoms with van der Waals surface area (Å²) in [5.41, 5.74) is 8.83. The first-order chi connectivity index (χ1) is 29.0. The van der Waals surface area contributed by atoms with Crippen LogP contribution in [0.5, 0.6) is 0 Å². The van der Waals surface area contributed by atoms with Crippen molar-refractivity contribution < 1.29 is 9.90 Å². The molecule has 9 aromatic carbocycles. The molecule has 11 rings (SSSR count). The van der Waals surface area contributed by atoms with E-state index in [9.17, 15) is 5.48 Å².